The molecule has 0 fully saturated rings. The van der Waals surface area contributed by atoms with Gasteiger partial charge in [-0.15, -0.1) is 0 Å². The van der Waals surface area contributed by atoms with Crippen LogP contribution in [-0.2, 0) is 23.7 Å². The van der Waals surface area contributed by atoms with Gasteiger partial charge in [0.2, 0.25) is 0 Å². The van der Waals surface area contributed by atoms with Crippen LogP contribution in [0.2, 0.25) is 0 Å². The molecule has 0 aliphatic heterocycles. The smallest absolute Gasteiger partial charge is 0.320 e. The molecule has 1 aromatic heterocycles. The van der Waals surface area contributed by atoms with Crippen molar-refractivity contribution < 1.29 is 9.90 Å². The van der Waals surface area contributed by atoms with Gasteiger partial charge in [0.25, 0.3) is 0 Å². The van der Waals surface area contributed by atoms with E-state index in [1.807, 2.05) is 34.0 Å². The molecule has 0 spiro atoms. The summed E-state index contributed by atoms with van der Waals surface area (Å²) >= 11 is 0. The van der Waals surface area contributed by atoms with Crippen LogP contribution in [0.25, 0.3) is 0 Å². The number of hydrogen-bond donors (Lipinski definition) is 2. The fraction of sp³-hybridized carbons (Fsp3) is 0.636. The highest BCUT2D eigenvalue weighted by Crippen LogP contribution is 2.24. The molecule has 1 heterocycles. The highest BCUT2D eigenvalue weighted by molar-refractivity contribution is 5.73. The van der Waals surface area contributed by atoms with Gasteiger partial charge in [-0.25, -0.2) is 0 Å². The van der Waals surface area contributed by atoms with Crippen LogP contribution in [0, 0.1) is 0 Å². The molecule has 1 atom stereocenters. The molecule has 5 nitrogen and oxygen atoms in total. The van der Waals surface area contributed by atoms with Crippen LogP contribution in [0.15, 0.2) is 6.20 Å². The fourth-order valence-corrected chi connectivity index (χ4v) is 1.64. The van der Waals surface area contributed by atoms with E-state index in [1.165, 1.54) is 0 Å². The molecule has 0 aliphatic carbocycles. The number of carbonyl (C=O) groups is 1. The van der Waals surface area contributed by atoms with Crippen molar-refractivity contribution in [2.24, 2.45) is 12.8 Å². The van der Waals surface area contributed by atoms with E-state index in [4.69, 9.17) is 10.8 Å². The second-order valence-corrected chi connectivity index (χ2v) is 5.08. The summed E-state index contributed by atoms with van der Waals surface area (Å²) in [7, 11) is 1.82. The number of hydrogen-bond acceptors (Lipinski definition) is 3. The summed E-state index contributed by atoms with van der Waals surface area (Å²) in [5.41, 5.74) is 7.25. The average molecular weight is 225 g/mol. The number of nitrogens with zero attached hydrogens (tertiary/aromatic N) is 2. The minimum absolute atomic E-state index is 0.102. The Bertz CT molecular complexity index is 390. The summed E-state index contributed by atoms with van der Waals surface area (Å²) in [5.74, 6) is -0.983. The molecular weight excluding hydrogens is 206 g/mol. The van der Waals surface area contributed by atoms with E-state index in [-0.39, 0.29) is 5.41 Å². The molecule has 0 amide bonds. The van der Waals surface area contributed by atoms with Gasteiger partial charge in [-0.2, -0.15) is 5.10 Å². The van der Waals surface area contributed by atoms with Gasteiger partial charge in [0.05, 0.1) is 5.69 Å². The van der Waals surface area contributed by atoms with Gasteiger partial charge in [0.15, 0.2) is 0 Å². The van der Waals surface area contributed by atoms with E-state index in [9.17, 15) is 4.79 Å². The van der Waals surface area contributed by atoms with Gasteiger partial charge in [-0.3, -0.25) is 9.48 Å². The number of aliphatic carboxylic acids is 1. The summed E-state index contributed by atoms with van der Waals surface area (Å²) in [6.45, 7) is 6.14. The molecule has 0 radical (unpaired) electrons. The summed E-state index contributed by atoms with van der Waals surface area (Å²) in [4.78, 5) is 10.7. The fourth-order valence-electron chi connectivity index (χ4n) is 1.64. The Kier molecular flexibility index (Phi) is 3.38. The molecule has 1 rings (SSSR count). The molecule has 1 aromatic rings. The normalized spacial score (nSPS) is 13.8. The lowest BCUT2D eigenvalue weighted by molar-refractivity contribution is -0.138. The van der Waals surface area contributed by atoms with Crippen molar-refractivity contribution >= 4 is 5.97 Å². The van der Waals surface area contributed by atoms with E-state index in [1.54, 1.807) is 4.68 Å². The number of rotatable bonds is 3. The molecule has 0 unspecified atom stereocenters. The quantitative estimate of drug-likeness (QED) is 0.792. The van der Waals surface area contributed by atoms with Gasteiger partial charge >= 0.3 is 5.97 Å². The molecule has 90 valence electrons. The Morgan fingerprint density at radius 3 is 2.62 bits per heavy atom. The lowest BCUT2D eigenvalue weighted by Crippen LogP contribution is -2.33. The number of aromatic nitrogens is 2. The van der Waals surface area contributed by atoms with Gasteiger partial charge in [-0.1, -0.05) is 20.8 Å². The van der Waals surface area contributed by atoms with E-state index in [0.717, 1.165) is 11.3 Å². The third-order valence-electron chi connectivity index (χ3n) is 2.37. The van der Waals surface area contributed by atoms with Crippen molar-refractivity contribution in [1.82, 2.24) is 9.78 Å². The van der Waals surface area contributed by atoms with Crippen molar-refractivity contribution in [2.75, 3.05) is 0 Å². The molecule has 0 saturated heterocycles. The van der Waals surface area contributed by atoms with E-state index >= 15 is 0 Å². The van der Waals surface area contributed by atoms with Crippen LogP contribution < -0.4 is 5.73 Å². The topological polar surface area (TPSA) is 81.1 Å². The minimum atomic E-state index is -0.983. The molecule has 5 heteroatoms. The summed E-state index contributed by atoms with van der Waals surface area (Å²) in [6.07, 6.45) is 2.15. The van der Waals surface area contributed by atoms with E-state index < -0.39 is 12.0 Å². The SMILES string of the molecule is Cn1cc(C[C@@H](N)C(=O)O)c(C(C)(C)C)n1. The number of aryl methyl sites for hydroxylation is 1. The van der Waals surface area contributed by atoms with Crippen LogP contribution in [0.5, 0.6) is 0 Å². The Hall–Kier alpha value is -1.36. The molecule has 16 heavy (non-hydrogen) atoms. The van der Waals surface area contributed by atoms with Gasteiger partial charge in [0, 0.05) is 25.1 Å². The first-order valence-corrected chi connectivity index (χ1v) is 5.23. The zero-order valence-electron chi connectivity index (χ0n) is 10.2. The first-order chi connectivity index (χ1) is 7.21. The molecule has 0 aromatic carbocycles. The second kappa shape index (κ2) is 4.25. The van der Waals surface area contributed by atoms with Crippen molar-refractivity contribution in [3.63, 3.8) is 0 Å². The molecular formula is C11H19N3O2. The van der Waals surface area contributed by atoms with Gasteiger partial charge < -0.3 is 10.8 Å². The van der Waals surface area contributed by atoms with E-state index in [2.05, 4.69) is 5.10 Å². The molecule has 0 bridgehead atoms. The van der Waals surface area contributed by atoms with Crippen LogP contribution in [0.1, 0.15) is 32.0 Å². The summed E-state index contributed by atoms with van der Waals surface area (Å²) < 4.78 is 1.70. The molecule has 0 saturated carbocycles. The van der Waals surface area contributed by atoms with Crippen LogP contribution in [-0.4, -0.2) is 26.9 Å². The monoisotopic (exact) mass is 225 g/mol. The average Bonchev–Trinajstić information content (AvgIpc) is 2.45. The first-order valence-electron chi connectivity index (χ1n) is 5.23. The minimum Gasteiger partial charge on any atom is -0.480 e. The summed E-state index contributed by atoms with van der Waals surface area (Å²) in [6, 6.07) is -0.870. The highest BCUT2D eigenvalue weighted by atomic mass is 16.4. The van der Waals surface area contributed by atoms with Crippen molar-refractivity contribution in [1.29, 1.82) is 0 Å². The Morgan fingerprint density at radius 1 is 1.62 bits per heavy atom. The first kappa shape index (κ1) is 12.7. The largest absolute Gasteiger partial charge is 0.480 e. The zero-order valence-corrected chi connectivity index (χ0v) is 10.2. The summed E-state index contributed by atoms with van der Waals surface area (Å²) in [5, 5.41) is 13.2. The predicted molar refractivity (Wildman–Crippen MR) is 61.2 cm³/mol. The predicted octanol–water partition coefficient (Wildman–Crippen LogP) is 0.672. The third kappa shape index (κ3) is 2.82. The van der Waals surface area contributed by atoms with Crippen LogP contribution in [0.4, 0.5) is 0 Å². The Labute approximate surface area is 95.3 Å². The standard InChI is InChI=1S/C11H19N3O2/c1-11(2,3)9-7(6-14(4)13-9)5-8(12)10(15)16/h6,8H,5,12H2,1-4H3,(H,15,16)/t8-/m1/s1. The van der Waals surface area contributed by atoms with Crippen LogP contribution >= 0.6 is 0 Å². The van der Waals surface area contributed by atoms with Gasteiger partial charge in [-0.05, 0) is 5.56 Å². The zero-order chi connectivity index (χ0) is 12.5. The highest BCUT2D eigenvalue weighted by Gasteiger charge is 2.24. The number of carboxylic acid groups (broad SMARTS) is 1. The maximum atomic E-state index is 10.7. The maximum Gasteiger partial charge on any atom is 0.320 e. The number of nitrogens with two attached hydrogens (primary N) is 1. The van der Waals surface area contributed by atoms with Crippen molar-refractivity contribution in [3.05, 3.63) is 17.5 Å². The van der Waals surface area contributed by atoms with Crippen molar-refractivity contribution in [2.45, 2.75) is 38.6 Å². The van der Waals surface area contributed by atoms with Crippen molar-refractivity contribution in [3.8, 4) is 0 Å². The lowest BCUT2D eigenvalue weighted by Gasteiger charge is -2.18. The second-order valence-electron chi connectivity index (χ2n) is 5.08. The lowest BCUT2D eigenvalue weighted by atomic mass is 9.88. The van der Waals surface area contributed by atoms with E-state index in [0.29, 0.717) is 6.42 Å². The Balaban J connectivity index is 3.00. The number of carboxylic acids is 1. The Morgan fingerprint density at radius 2 is 2.19 bits per heavy atom. The maximum absolute atomic E-state index is 10.7. The molecule has 0 aliphatic rings. The van der Waals surface area contributed by atoms with Crippen LogP contribution in [0.3, 0.4) is 0 Å². The van der Waals surface area contributed by atoms with Gasteiger partial charge in [0.1, 0.15) is 6.04 Å². The third-order valence-corrected chi connectivity index (χ3v) is 2.37. The molecule has 3 N–H and O–H groups in total.